The second kappa shape index (κ2) is 30.3. The first kappa shape index (κ1) is 57.2. The monoisotopic (exact) mass is 921 g/mol. The summed E-state index contributed by atoms with van der Waals surface area (Å²) in [7, 11) is 1.70. The van der Waals surface area contributed by atoms with Crippen LogP contribution in [-0.2, 0) is 21.4 Å². The number of hydrogen-bond donors (Lipinski definition) is 9. The minimum atomic E-state index is -1.01. The SMILES string of the molecule is CC(=O)c1cc(C(=O)NCCCC[C@H](N)C(=O)O)n(C)c1.CC(=O)c1ccc(C(=O)NCCCC[C@H](N)C(=O)O)s1.CC(=O)c1cccc(C(=O)NCCCC[C@H](N)C(=O)O)c1.Cl. The van der Waals surface area contributed by atoms with Gasteiger partial charge < -0.3 is 53.0 Å². The molecule has 0 saturated heterocycles. The third kappa shape index (κ3) is 22.7. The number of benzene rings is 1. The lowest BCUT2D eigenvalue weighted by atomic mass is 10.1. The summed E-state index contributed by atoms with van der Waals surface area (Å²) in [5, 5.41) is 34.0. The highest BCUT2D eigenvalue weighted by atomic mass is 35.5. The quantitative estimate of drug-likeness (QED) is 0.0459. The number of carboxylic acid groups (broad SMARTS) is 3. The highest BCUT2D eigenvalue weighted by molar-refractivity contribution is 7.16. The summed E-state index contributed by atoms with van der Waals surface area (Å²) >= 11 is 1.16. The number of ketones is 3. The molecule has 2 aromatic heterocycles. The number of carbonyl (C=O) groups is 9. The van der Waals surface area contributed by atoms with Crippen molar-refractivity contribution in [3.63, 3.8) is 0 Å². The van der Waals surface area contributed by atoms with Crippen molar-refractivity contribution in [2.24, 2.45) is 24.2 Å². The molecule has 21 heteroatoms. The number of nitrogens with two attached hydrogens (primary N) is 3. The number of hydrogen-bond acceptors (Lipinski definition) is 13. The van der Waals surface area contributed by atoms with E-state index >= 15 is 0 Å². The predicted octanol–water partition coefficient (Wildman–Crippen LogP) is 3.43. The molecule has 3 aromatic rings. The summed E-state index contributed by atoms with van der Waals surface area (Å²) in [6.07, 6.45) is 6.61. The number of nitrogens with one attached hydrogen (secondary N) is 3. The molecule has 12 N–H and O–H groups in total. The molecule has 0 fully saturated rings. The van der Waals surface area contributed by atoms with Crippen LogP contribution in [0, 0.1) is 0 Å². The van der Waals surface area contributed by atoms with Crippen LogP contribution in [0.4, 0.5) is 0 Å². The lowest BCUT2D eigenvalue weighted by Gasteiger charge is -2.08. The second-order valence-electron chi connectivity index (χ2n) is 14.2. The van der Waals surface area contributed by atoms with Crippen molar-refractivity contribution in [2.45, 2.75) is 96.7 Å². The van der Waals surface area contributed by atoms with Crippen molar-refractivity contribution >= 4 is 76.7 Å². The predicted molar refractivity (Wildman–Crippen MR) is 239 cm³/mol. The molecule has 0 spiro atoms. The highest BCUT2D eigenvalue weighted by Gasteiger charge is 2.16. The number of rotatable bonds is 24. The molecule has 63 heavy (non-hydrogen) atoms. The van der Waals surface area contributed by atoms with Crippen LogP contribution in [0.25, 0.3) is 0 Å². The zero-order chi connectivity index (χ0) is 46.9. The molecule has 0 aliphatic rings. The summed E-state index contributed by atoms with van der Waals surface area (Å²) < 4.78 is 1.60. The third-order valence-corrected chi connectivity index (χ3v) is 10.2. The van der Waals surface area contributed by atoms with Crippen LogP contribution in [-0.4, -0.2) is 111 Å². The lowest BCUT2D eigenvalue weighted by molar-refractivity contribution is -0.139. The Labute approximate surface area is 375 Å². The molecular weight excluding hydrogens is 862 g/mol. The van der Waals surface area contributed by atoms with Gasteiger partial charge in [-0.25, -0.2) is 0 Å². The first-order chi connectivity index (χ1) is 29.2. The Morgan fingerprint density at radius 2 is 0.968 bits per heavy atom. The van der Waals surface area contributed by atoms with E-state index in [1.807, 2.05) is 0 Å². The molecular formula is C42H60ClN7O12S. The molecule has 0 saturated carbocycles. The lowest BCUT2D eigenvalue weighted by Crippen LogP contribution is -2.30. The van der Waals surface area contributed by atoms with Crippen LogP contribution < -0.4 is 33.2 Å². The highest BCUT2D eigenvalue weighted by Crippen LogP contribution is 2.17. The number of nitrogens with zero attached hydrogens (tertiary/aromatic N) is 1. The van der Waals surface area contributed by atoms with E-state index in [2.05, 4.69) is 16.0 Å². The van der Waals surface area contributed by atoms with E-state index in [-0.39, 0.29) is 47.5 Å². The van der Waals surface area contributed by atoms with Crippen LogP contribution in [0.2, 0.25) is 0 Å². The fourth-order valence-corrected chi connectivity index (χ4v) is 6.05. The largest absolute Gasteiger partial charge is 0.480 e. The zero-order valence-electron chi connectivity index (χ0n) is 35.8. The van der Waals surface area contributed by atoms with E-state index in [1.165, 1.54) is 20.8 Å². The van der Waals surface area contributed by atoms with E-state index in [0.29, 0.717) is 110 Å². The van der Waals surface area contributed by atoms with Crippen LogP contribution in [0.1, 0.15) is 139 Å². The van der Waals surface area contributed by atoms with Crippen molar-refractivity contribution < 1.29 is 58.5 Å². The summed E-state index contributed by atoms with van der Waals surface area (Å²) in [5.74, 6) is -4.00. The summed E-state index contributed by atoms with van der Waals surface area (Å²) in [6, 6.07) is 8.77. The minimum Gasteiger partial charge on any atom is -0.480 e. The van der Waals surface area contributed by atoms with Crippen LogP contribution in [0.3, 0.4) is 0 Å². The zero-order valence-corrected chi connectivity index (χ0v) is 37.5. The average Bonchev–Trinajstić information content (AvgIpc) is 3.88. The number of thiophene rings is 1. The van der Waals surface area contributed by atoms with E-state index < -0.39 is 36.0 Å². The van der Waals surface area contributed by atoms with Gasteiger partial charge in [-0.1, -0.05) is 12.1 Å². The molecule has 1 aromatic carbocycles. The molecule has 0 aliphatic carbocycles. The molecule has 3 amide bonds. The third-order valence-electron chi connectivity index (χ3n) is 8.99. The maximum absolute atomic E-state index is 11.9. The molecule has 0 radical (unpaired) electrons. The smallest absolute Gasteiger partial charge is 0.320 e. The van der Waals surface area contributed by atoms with Crippen LogP contribution in [0.5, 0.6) is 0 Å². The maximum atomic E-state index is 11.9. The van der Waals surface area contributed by atoms with Gasteiger partial charge in [0.25, 0.3) is 17.7 Å². The van der Waals surface area contributed by atoms with Gasteiger partial charge in [0.05, 0.1) is 9.75 Å². The van der Waals surface area contributed by atoms with Gasteiger partial charge in [0, 0.05) is 49.6 Å². The van der Waals surface area contributed by atoms with E-state index in [9.17, 15) is 43.2 Å². The number of Topliss-reactive ketones (excluding diaryl/α,β-unsaturated/α-hetero) is 3. The van der Waals surface area contributed by atoms with Crippen molar-refractivity contribution in [1.82, 2.24) is 20.5 Å². The van der Waals surface area contributed by atoms with Gasteiger partial charge in [-0.15, -0.1) is 23.7 Å². The van der Waals surface area contributed by atoms with E-state index in [0.717, 1.165) is 11.3 Å². The number of aromatic nitrogens is 1. The fraction of sp³-hybridized carbons (Fsp3) is 0.452. The molecule has 0 unspecified atom stereocenters. The van der Waals surface area contributed by atoms with Gasteiger partial charge in [0.1, 0.15) is 23.8 Å². The van der Waals surface area contributed by atoms with Gasteiger partial charge in [0.2, 0.25) is 0 Å². The number of aryl methyl sites for hydroxylation is 1. The minimum absolute atomic E-state index is 0. The Kier molecular flexibility index (Phi) is 27.5. The first-order valence-corrected chi connectivity index (χ1v) is 20.7. The normalized spacial score (nSPS) is 11.7. The van der Waals surface area contributed by atoms with Gasteiger partial charge in [0.15, 0.2) is 17.3 Å². The number of halogens is 1. The van der Waals surface area contributed by atoms with E-state index in [4.69, 9.17) is 32.5 Å². The van der Waals surface area contributed by atoms with Crippen molar-refractivity contribution in [1.29, 1.82) is 0 Å². The van der Waals surface area contributed by atoms with Gasteiger partial charge in [-0.2, -0.15) is 0 Å². The molecule has 3 rings (SSSR count). The molecule has 348 valence electrons. The number of carboxylic acids is 3. The van der Waals surface area contributed by atoms with Crippen molar-refractivity contribution in [3.05, 3.63) is 80.8 Å². The second-order valence-corrected chi connectivity index (χ2v) is 15.3. The number of amides is 3. The summed E-state index contributed by atoms with van der Waals surface area (Å²) in [5.41, 5.74) is 18.0. The van der Waals surface area contributed by atoms with Gasteiger partial charge >= 0.3 is 17.9 Å². The molecule has 3 atom stereocenters. The average molecular weight is 922 g/mol. The number of unbranched alkanes of at least 4 members (excludes halogenated alkanes) is 3. The van der Waals surface area contributed by atoms with Crippen LogP contribution >= 0.6 is 23.7 Å². The standard InChI is InChI=1S/C15H20N2O4.C14H21N3O4.C13H18N2O4S.ClH/c1-10(18)11-5-4-6-12(9-11)14(19)17-8-3-2-7-13(16)15(20)21;1-9(18)10-7-12(17(2)8-10)13(19)16-6-4-3-5-11(15)14(20)21;1-8(16)10-5-6-11(20-10)12(17)15-7-3-2-4-9(14)13(18)19;/h4-6,9,13H,2-3,7-8,16H2,1H3,(H,17,19)(H,20,21);7-8,11H,3-6,15H2,1-2H3,(H,16,19)(H,20,21);5-6,9H,2-4,7,14H2,1H3,(H,15,17)(H,18,19);1H/t13-;11-;9-;/m000./s1. The molecule has 19 nitrogen and oxygen atoms in total. The Morgan fingerprint density at radius 3 is 1.37 bits per heavy atom. The Bertz CT molecular complexity index is 2020. The van der Waals surface area contributed by atoms with Crippen molar-refractivity contribution in [3.8, 4) is 0 Å². The molecule has 0 bridgehead atoms. The van der Waals surface area contributed by atoms with Crippen LogP contribution in [0.15, 0.2) is 48.7 Å². The number of aliphatic carboxylic acids is 3. The summed E-state index contributed by atoms with van der Waals surface area (Å²) in [4.78, 5) is 102. The van der Waals surface area contributed by atoms with Gasteiger partial charge in [-0.3, -0.25) is 43.2 Å². The Morgan fingerprint density at radius 1 is 0.556 bits per heavy atom. The first-order valence-electron chi connectivity index (χ1n) is 19.8. The van der Waals surface area contributed by atoms with Crippen molar-refractivity contribution in [2.75, 3.05) is 19.6 Å². The molecule has 2 heterocycles. The maximum Gasteiger partial charge on any atom is 0.320 e. The topological polar surface area (TPSA) is 333 Å². The Hall–Kier alpha value is -5.80. The Balaban J connectivity index is 0.000000908. The van der Waals surface area contributed by atoms with E-state index in [1.54, 1.807) is 60.3 Å². The number of carbonyl (C=O) groups excluding carboxylic acids is 6. The van der Waals surface area contributed by atoms with Gasteiger partial charge in [-0.05, 0) is 109 Å². The fourth-order valence-electron chi connectivity index (χ4n) is 5.24. The summed E-state index contributed by atoms with van der Waals surface area (Å²) in [6.45, 7) is 5.68. The molecule has 0 aliphatic heterocycles.